The molecule has 0 N–H and O–H groups in total. The van der Waals surface area contributed by atoms with Crippen LogP contribution in [0.15, 0.2) is 11.6 Å². The largest absolute Gasteiger partial charge is 0.198 e. The van der Waals surface area contributed by atoms with Crippen LogP contribution in [0.25, 0.3) is 0 Å². The Morgan fingerprint density at radius 2 is 2.00 bits per heavy atom. The lowest BCUT2D eigenvalue weighted by molar-refractivity contribution is 0.297. The second kappa shape index (κ2) is 6.67. The zero-order chi connectivity index (χ0) is 11.9. The molecular weight excluding hydrogens is 182 g/mol. The second-order valence-corrected chi connectivity index (χ2v) is 5.82. The van der Waals surface area contributed by atoms with Crippen LogP contribution in [-0.2, 0) is 0 Å². The molecule has 0 saturated carbocycles. The van der Waals surface area contributed by atoms with Crippen LogP contribution in [0.3, 0.4) is 0 Å². The predicted octanol–water partition coefficient (Wildman–Crippen LogP) is 4.70. The van der Waals surface area contributed by atoms with Gasteiger partial charge in [0.15, 0.2) is 0 Å². The van der Waals surface area contributed by atoms with E-state index in [2.05, 4.69) is 40.7 Å². The molecule has 0 saturated heterocycles. The Kier molecular flexibility index (Phi) is 6.32. The average Bonchev–Trinajstić information content (AvgIpc) is 2.08. The van der Waals surface area contributed by atoms with Gasteiger partial charge in [-0.2, -0.15) is 5.26 Å². The Morgan fingerprint density at radius 1 is 1.40 bits per heavy atom. The van der Waals surface area contributed by atoms with Gasteiger partial charge in [-0.1, -0.05) is 39.3 Å². The highest BCUT2D eigenvalue weighted by molar-refractivity contribution is 5.02. The van der Waals surface area contributed by atoms with Gasteiger partial charge in [0.1, 0.15) is 0 Å². The summed E-state index contributed by atoms with van der Waals surface area (Å²) >= 11 is 0. The molecule has 0 aliphatic rings. The number of nitrogens with zero attached hydrogens (tertiary/aromatic N) is 1. The lowest BCUT2D eigenvalue weighted by atomic mass is 9.83. The Labute approximate surface area is 95.2 Å². The molecule has 0 spiro atoms. The van der Waals surface area contributed by atoms with E-state index in [-0.39, 0.29) is 0 Å². The smallest absolute Gasteiger partial charge is 0.0663 e. The summed E-state index contributed by atoms with van der Waals surface area (Å²) in [4.78, 5) is 0. The first kappa shape index (κ1) is 14.2. The molecule has 0 amide bonds. The van der Waals surface area contributed by atoms with Crippen molar-refractivity contribution in [3.63, 3.8) is 0 Å². The first-order chi connectivity index (χ1) is 6.85. The number of rotatable bonds is 5. The Bertz CT molecular complexity index is 237. The van der Waals surface area contributed by atoms with E-state index >= 15 is 0 Å². The summed E-state index contributed by atoms with van der Waals surface area (Å²) in [7, 11) is 0. The van der Waals surface area contributed by atoms with Crippen molar-refractivity contribution in [3.05, 3.63) is 11.6 Å². The molecule has 0 heterocycles. The van der Waals surface area contributed by atoms with Gasteiger partial charge >= 0.3 is 0 Å². The Balaban J connectivity index is 3.81. The molecule has 15 heavy (non-hydrogen) atoms. The van der Waals surface area contributed by atoms with Crippen LogP contribution >= 0.6 is 0 Å². The maximum Gasteiger partial charge on any atom is 0.0663 e. The van der Waals surface area contributed by atoms with Crippen molar-refractivity contribution in [2.45, 2.75) is 60.3 Å². The van der Waals surface area contributed by atoms with Gasteiger partial charge in [0, 0.05) is 0 Å². The molecule has 1 unspecified atom stereocenters. The topological polar surface area (TPSA) is 23.8 Å². The van der Waals surface area contributed by atoms with Crippen LogP contribution < -0.4 is 0 Å². The molecule has 0 aromatic carbocycles. The summed E-state index contributed by atoms with van der Waals surface area (Å²) in [5.41, 5.74) is 1.79. The van der Waals surface area contributed by atoms with E-state index < -0.39 is 0 Å². The number of nitriles is 1. The van der Waals surface area contributed by atoms with E-state index in [1.165, 1.54) is 18.4 Å². The van der Waals surface area contributed by atoms with Gasteiger partial charge in [0.2, 0.25) is 0 Å². The molecule has 0 aliphatic heterocycles. The highest BCUT2D eigenvalue weighted by Gasteiger charge is 2.14. The minimum atomic E-state index is 0.434. The van der Waals surface area contributed by atoms with Crippen molar-refractivity contribution < 1.29 is 0 Å². The molecule has 0 fully saturated rings. The SMILES string of the molecule is CC(=CCC#N)CCC(C)CC(C)(C)C. The first-order valence-electron chi connectivity index (χ1n) is 5.88. The van der Waals surface area contributed by atoms with Gasteiger partial charge in [-0.3, -0.25) is 0 Å². The third kappa shape index (κ3) is 9.53. The lowest BCUT2D eigenvalue weighted by Crippen LogP contribution is -2.10. The standard InChI is InChI=1S/C14H25N/c1-12(7-6-10-15)8-9-13(2)11-14(3,4)5/h7,13H,6,8-9,11H2,1-5H3. The molecule has 1 nitrogen and oxygen atoms in total. The molecule has 1 atom stereocenters. The summed E-state index contributed by atoms with van der Waals surface area (Å²) in [6.45, 7) is 11.3. The van der Waals surface area contributed by atoms with Gasteiger partial charge in [0.05, 0.1) is 12.5 Å². The van der Waals surface area contributed by atoms with E-state index in [1.54, 1.807) is 0 Å². The fourth-order valence-corrected chi connectivity index (χ4v) is 1.94. The van der Waals surface area contributed by atoms with Crippen LogP contribution in [0.2, 0.25) is 0 Å². The van der Waals surface area contributed by atoms with Gasteiger partial charge in [-0.25, -0.2) is 0 Å². The minimum absolute atomic E-state index is 0.434. The third-order valence-electron chi connectivity index (χ3n) is 2.53. The minimum Gasteiger partial charge on any atom is -0.198 e. The van der Waals surface area contributed by atoms with E-state index in [0.29, 0.717) is 11.8 Å². The summed E-state index contributed by atoms with van der Waals surface area (Å²) in [6.07, 6.45) is 6.26. The van der Waals surface area contributed by atoms with Crippen molar-refractivity contribution in [2.75, 3.05) is 0 Å². The normalized spacial score (nSPS) is 14.8. The maximum absolute atomic E-state index is 8.45. The molecule has 0 aliphatic carbocycles. The highest BCUT2D eigenvalue weighted by Crippen LogP contribution is 2.27. The molecule has 1 heteroatoms. The van der Waals surface area contributed by atoms with E-state index in [0.717, 1.165) is 12.3 Å². The van der Waals surface area contributed by atoms with Crippen molar-refractivity contribution >= 4 is 0 Å². The molecule has 86 valence electrons. The molecule has 0 bridgehead atoms. The van der Waals surface area contributed by atoms with Gasteiger partial charge in [-0.15, -0.1) is 0 Å². The monoisotopic (exact) mass is 207 g/mol. The Hall–Kier alpha value is -0.770. The van der Waals surface area contributed by atoms with Crippen molar-refractivity contribution in [3.8, 4) is 6.07 Å². The van der Waals surface area contributed by atoms with Gasteiger partial charge in [0.25, 0.3) is 0 Å². The quantitative estimate of drug-likeness (QED) is 0.599. The maximum atomic E-state index is 8.45. The average molecular weight is 207 g/mol. The molecule has 0 radical (unpaired) electrons. The van der Waals surface area contributed by atoms with Crippen LogP contribution in [0, 0.1) is 22.7 Å². The summed E-state index contributed by atoms with van der Waals surface area (Å²) in [5, 5.41) is 8.45. The second-order valence-electron chi connectivity index (χ2n) is 5.82. The van der Waals surface area contributed by atoms with E-state index in [4.69, 9.17) is 5.26 Å². The molecule has 0 aromatic heterocycles. The van der Waals surface area contributed by atoms with E-state index in [9.17, 15) is 0 Å². The lowest BCUT2D eigenvalue weighted by Gasteiger charge is -2.23. The van der Waals surface area contributed by atoms with Crippen molar-refractivity contribution in [2.24, 2.45) is 11.3 Å². The highest BCUT2D eigenvalue weighted by atomic mass is 14.2. The van der Waals surface area contributed by atoms with Crippen molar-refractivity contribution in [1.82, 2.24) is 0 Å². The molecule has 0 aromatic rings. The fraction of sp³-hybridized carbons (Fsp3) is 0.786. The van der Waals surface area contributed by atoms with E-state index in [1.807, 2.05) is 6.08 Å². The van der Waals surface area contributed by atoms with Crippen LogP contribution in [0.1, 0.15) is 60.3 Å². The van der Waals surface area contributed by atoms with Gasteiger partial charge in [-0.05, 0) is 37.5 Å². The molecular formula is C14H25N. The van der Waals surface area contributed by atoms with Crippen molar-refractivity contribution in [1.29, 1.82) is 5.26 Å². The summed E-state index contributed by atoms with van der Waals surface area (Å²) in [5.74, 6) is 0.774. The van der Waals surface area contributed by atoms with Gasteiger partial charge < -0.3 is 0 Å². The van der Waals surface area contributed by atoms with Crippen LogP contribution in [0.4, 0.5) is 0 Å². The first-order valence-corrected chi connectivity index (χ1v) is 5.88. The fourth-order valence-electron chi connectivity index (χ4n) is 1.94. The van der Waals surface area contributed by atoms with Crippen LogP contribution in [0.5, 0.6) is 0 Å². The summed E-state index contributed by atoms with van der Waals surface area (Å²) in [6, 6.07) is 2.15. The Morgan fingerprint density at radius 3 is 2.47 bits per heavy atom. The molecule has 0 rings (SSSR count). The number of allylic oxidation sites excluding steroid dienone is 2. The zero-order valence-corrected chi connectivity index (χ0v) is 10.9. The zero-order valence-electron chi connectivity index (χ0n) is 10.9. The third-order valence-corrected chi connectivity index (χ3v) is 2.53. The number of hydrogen-bond donors (Lipinski definition) is 0. The van der Waals surface area contributed by atoms with Crippen LogP contribution in [-0.4, -0.2) is 0 Å². The number of hydrogen-bond acceptors (Lipinski definition) is 1. The summed E-state index contributed by atoms with van der Waals surface area (Å²) < 4.78 is 0. The predicted molar refractivity (Wildman–Crippen MR) is 66.5 cm³/mol.